The van der Waals surface area contributed by atoms with Gasteiger partial charge < -0.3 is 9.84 Å². The second-order valence-corrected chi connectivity index (χ2v) is 4.76. The molecule has 18 heavy (non-hydrogen) atoms. The van der Waals surface area contributed by atoms with Crippen LogP contribution in [0.4, 0.5) is 0 Å². The number of halogens is 1. The van der Waals surface area contributed by atoms with Crippen molar-refractivity contribution in [1.29, 1.82) is 0 Å². The lowest BCUT2D eigenvalue weighted by atomic mass is 10.1. The molecule has 0 radical (unpaired) electrons. The van der Waals surface area contributed by atoms with Gasteiger partial charge in [-0.25, -0.2) is 4.98 Å². The van der Waals surface area contributed by atoms with Gasteiger partial charge in [0.25, 0.3) is 0 Å². The summed E-state index contributed by atoms with van der Waals surface area (Å²) in [6.07, 6.45) is 2.38. The van der Waals surface area contributed by atoms with Crippen molar-refractivity contribution in [1.82, 2.24) is 4.98 Å². The maximum absolute atomic E-state index is 8.84. The first kappa shape index (κ1) is 13.1. The van der Waals surface area contributed by atoms with Crippen LogP contribution in [0, 0.1) is 6.92 Å². The minimum atomic E-state index is 0.158. The van der Waals surface area contributed by atoms with Crippen molar-refractivity contribution >= 4 is 15.9 Å². The second kappa shape index (κ2) is 5.98. The van der Waals surface area contributed by atoms with Gasteiger partial charge in [0.2, 0.25) is 5.88 Å². The molecule has 0 saturated carbocycles. The van der Waals surface area contributed by atoms with Crippen LogP contribution in [0.25, 0.3) is 0 Å². The fourth-order valence-corrected chi connectivity index (χ4v) is 1.87. The number of aliphatic hydroxyl groups is 1. The van der Waals surface area contributed by atoms with E-state index in [1.54, 1.807) is 6.20 Å². The smallest absolute Gasteiger partial charge is 0.233 e. The normalized spacial score (nSPS) is 10.4. The van der Waals surface area contributed by atoms with Gasteiger partial charge in [0.15, 0.2) is 0 Å². The molecule has 0 atom stereocenters. The van der Waals surface area contributed by atoms with E-state index in [1.807, 2.05) is 37.3 Å². The summed E-state index contributed by atoms with van der Waals surface area (Å²) in [5.74, 6) is 1.29. The van der Waals surface area contributed by atoms with Crippen LogP contribution in [0.3, 0.4) is 0 Å². The zero-order valence-electron chi connectivity index (χ0n) is 10.1. The zero-order chi connectivity index (χ0) is 13.0. The van der Waals surface area contributed by atoms with Crippen molar-refractivity contribution in [2.75, 3.05) is 6.61 Å². The highest BCUT2D eigenvalue weighted by Gasteiger charge is 2.06. The van der Waals surface area contributed by atoms with Crippen LogP contribution >= 0.6 is 15.9 Å². The highest BCUT2D eigenvalue weighted by molar-refractivity contribution is 9.10. The van der Waals surface area contributed by atoms with Crippen molar-refractivity contribution in [2.24, 2.45) is 0 Å². The number of aliphatic hydroxyl groups excluding tert-OH is 1. The SMILES string of the molecule is Cc1ccnc(Oc2ccc(CCO)cc2)c1Br. The van der Waals surface area contributed by atoms with Crippen LogP contribution in [0.5, 0.6) is 11.6 Å². The Bertz CT molecular complexity index is 526. The molecule has 2 aromatic rings. The Morgan fingerprint density at radius 1 is 1.22 bits per heavy atom. The molecular formula is C14H14BrNO2. The molecule has 4 heteroatoms. The standard InChI is InChI=1S/C14H14BrNO2/c1-10-6-8-16-14(13(10)15)18-12-4-2-11(3-5-12)7-9-17/h2-6,8,17H,7,9H2,1H3. The Balaban J connectivity index is 2.16. The Kier molecular flexibility index (Phi) is 4.33. The van der Waals surface area contributed by atoms with Gasteiger partial charge in [-0.3, -0.25) is 0 Å². The van der Waals surface area contributed by atoms with E-state index in [-0.39, 0.29) is 6.61 Å². The highest BCUT2D eigenvalue weighted by atomic mass is 79.9. The summed E-state index contributed by atoms with van der Waals surface area (Å²) in [5, 5.41) is 8.84. The molecule has 0 saturated heterocycles. The summed E-state index contributed by atoms with van der Waals surface area (Å²) in [7, 11) is 0. The van der Waals surface area contributed by atoms with Gasteiger partial charge in [-0.1, -0.05) is 12.1 Å². The van der Waals surface area contributed by atoms with E-state index in [1.165, 1.54) is 0 Å². The number of ether oxygens (including phenoxy) is 1. The van der Waals surface area contributed by atoms with Crippen LogP contribution in [-0.4, -0.2) is 16.7 Å². The number of hydrogen-bond acceptors (Lipinski definition) is 3. The quantitative estimate of drug-likeness (QED) is 0.940. The fourth-order valence-electron chi connectivity index (χ4n) is 1.55. The minimum absolute atomic E-state index is 0.158. The summed E-state index contributed by atoms with van der Waals surface area (Å²) in [6, 6.07) is 9.55. The predicted octanol–water partition coefficient (Wildman–Crippen LogP) is 3.48. The third kappa shape index (κ3) is 3.09. The Labute approximate surface area is 115 Å². The van der Waals surface area contributed by atoms with Crippen molar-refractivity contribution in [2.45, 2.75) is 13.3 Å². The van der Waals surface area contributed by atoms with Crippen molar-refractivity contribution < 1.29 is 9.84 Å². The number of nitrogens with zero attached hydrogens (tertiary/aromatic N) is 1. The number of rotatable bonds is 4. The summed E-state index contributed by atoms with van der Waals surface area (Å²) in [6.45, 7) is 2.15. The zero-order valence-corrected chi connectivity index (χ0v) is 11.6. The van der Waals surface area contributed by atoms with E-state index in [0.29, 0.717) is 12.3 Å². The molecule has 1 aromatic heterocycles. The maximum atomic E-state index is 8.84. The van der Waals surface area contributed by atoms with Crippen molar-refractivity contribution in [3.63, 3.8) is 0 Å². The van der Waals surface area contributed by atoms with Gasteiger partial charge in [-0.05, 0) is 58.6 Å². The van der Waals surface area contributed by atoms with E-state index in [2.05, 4.69) is 20.9 Å². The summed E-state index contributed by atoms with van der Waals surface area (Å²) < 4.78 is 6.57. The summed E-state index contributed by atoms with van der Waals surface area (Å²) >= 11 is 3.46. The largest absolute Gasteiger partial charge is 0.438 e. The van der Waals surface area contributed by atoms with Crippen LogP contribution in [-0.2, 0) is 6.42 Å². The molecule has 3 nitrogen and oxygen atoms in total. The topological polar surface area (TPSA) is 42.4 Å². The first-order valence-electron chi connectivity index (χ1n) is 5.69. The van der Waals surface area contributed by atoms with Gasteiger partial charge in [0.1, 0.15) is 5.75 Å². The predicted molar refractivity (Wildman–Crippen MR) is 74.0 cm³/mol. The molecule has 0 aliphatic rings. The molecule has 1 heterocycles. The van der Waals surface area contributed by atoms with Gasteiger partial charge in [0, 0.05) is 12.8 Å². The van der Waals surface area contributed by atoms with E-state index in [4.69, 9.17) is 9.84 Å². The van der Waals surface area contributed by atoms with Gasteiger partial charge in [-0.2, -0.15) is 0 Å². The fraction of sp³-hybridized carbons (Fsp3) is 0.214. The minimum Gasteiger partial charge on any atom is -0.438 e. The average molecular weight is 308 g/mol. The molecule has 1 aromatic carbocycles. The van der Waals surface area contributed by atoms with Gasteiger partial charge in [-0.15, -0.1) is 0 Å². The Morgan fingerprint density at radius 3 is 2.61 bits per heavy atom. The molecule has 0 unspecified atom stereocenters. The van der Waals surface area contributed by atoms with Crippen molar-refractivity contribution in [3.05, 3.63) is 52.1 Å². The first-order valence-corrected chi connectivity index (χ1v) is 6.49. The number of aromatic nitrogens is 1. The van der Waals surface area contributed by atoms with E-state index >= 15 is 0 Å². The molecule has 0 fully saturated rings. The van der Waals surface area contributed by atoms with Crippen LogP contribution < -0.4 is 4.74 Å². The van der Waals surface area contributed by atoms with Gasteiger partial charge in [0.05, 0.1) is 4.47 Å². The monoisotopic (exact) mass is 307 g/mol. The maximum Gasteiger partial charge on any atom is 0.233 e. The number of aryl methyl sites for hydroxylation is 1. The first-order chi connectivity index (χ1) is 8.70. The molecule has 0 bridgehead atoms. The van der Waals surface area contributed by atoms with Gasteiger partial charge >= 0.3 is 0 Å². The third-order valence-corrected chi connectivity index (χ3v) is 3.55. The van der Waals surface area contributed by atoms with Crippen LogP contribution in [0.15, 0.2) is 41.0 Å². The second-order valence-electron chi connectivity index (χ2n) is 3.97. The third-order valence-electron chi connectivity index (χ3n) is 2.59. The van der Waals surface area contributed by atoms with Crippen molar-refractivity contribution in [3.8, 4) is 11.6 Å². The lowest BCUT2D eigenvalue weighted by molar-refractivity contribution is 0.299. The summed E-state index contributed by atoms with van der Waals surface area (Å²) in [5.41, 5.74) is 2.16. The van der Waals surface area contributed by atoms with E-state index in [0.717, 1.165) is 21.3 Å². The number of pyridine rings is 1. The summed E-state index contributed by atoms with van der Waals surface area (Å²) in [4.78, 5) is 4.18. The molecule has 0 aliphatic carbocycles. The number of benzene rings is 1. The Morgan fingerprint density at radius 2 is 1.94 bits per heavy atom. The molecule has 1 N–H and O–H groups in total. The van der Waals surface area contributed by atoms with E-state index in [9.17, 15) is 0 Å². The molecule has 94 valence electrons. The molecule has 2 rings (SSSR count). The van der Waals surface area contributed by atoms with Crippen LogP contribution in [0.2, 0.25) is 0 Å². The highest BCUT2D eigenvalue weighted by Crippen LogP contribution is 2.29. The lowest BCUT2D eigenvalue weighted by Crippen LogP contribution is -1.92. The molecule has 0 amide bonds. The Hall–Kier alpha value is -1.39. The molecule has 0 spiro atoms. The van der Waals surface area contributed by atoms with Crippen LogP contribution in [0.1, 0.15) is 11.1 Å². The van der Waals surface area contributed by atoms with E-state index < -0.39 is 0 Å². The molecule has 0 aliphatic heterocycles. The number of hydrogen-bond donors (Lipinski definition) is 1. The average Bonchev–Trinajstić information content (AvgIpc) is 2.38. The molecular weight excluding hydrogens is 294 g/mol. The lowest BCUT2D eigenvalue weighted by Gasteiger charge is -2.08.